The topological polar surface area (TPSA) is 28.7 Å². The maximum Gasteiger partial charge on any atom is 0.0786 e. The molecule has 0 aromatic carbocycles. The zero-order chi connectivity index (χ0) is 6.85. The predicted molar refractivity (Wildman–Crippen MR) is 38.3 cm³/mol. The van der Waals surface area contributed by atoms with E-state index in [0.29, 0.717) is 5.03 Å². The average molecular weight is 143 g/mol. The van der Waals surface area contributed by atoms with Crippen LogP contribution in [0.25, 0.3) is 11.6 Å². The lowest BCUT2D eigenvalue weighted by Gasteiger charge is -1.77. The molecular weight excluding hydrogens is 136 g/mol. The molecule has 0 saturated heterocycles. The number of nitrogens with one attached hydrogen (secondary N) is 1. The third-order valence-electron chi connectivity index (χ3n) is 1.06. The van der Waals surface area contributed by atoms with E-state index >= 15 is 0 Å². The van der Waals surface area contributed by atoms with Gasteiger partial charge in [-0.05, 0) is 6.92 Å². The quantitative estimate of drug-likeness (QED) is 0.551. The van der Waals surface area contributed by atoms with E-state index < -0.39 is 0 Å². The molecule has 0 aliphatic heterocycles. The van der Waals surface area contributed by atoms with E-state index in [2.05, 4.69) is 16.8 Å². The summed E-state index contributed by atoms with van der Waals surface area (Å²) in [5, 5.41) is 8.82. The van der Waals surface area contributed by atoms with Gasteiger partial charge in [-0.1, -0.05) is 18.2 Å². The number of aromatic amines is 1. The minimum absolute atomic E-state index is 0.692. The van der Waals surface area contributed by atoms with E-state index in [-0.39, 0.29) is 0 Å². The number of rotatable bonds is 0. The van der Waals surface area contributed by atoms with Crippen LogP contribution in [-0.4, -0.2) is 10.2 Å². The van der Waals surface area contributed by atoms with Gasteiger partial charge in [0, 0.05) is 10.3 Å². The van der Waals surface area contributed by atoms with Gasteiger partial charge in [-0.2, -0.15) is 5.10 Å². The highest BCUT2D eigenvalue weighted by Crippen LogP contribution is 1.91. The standard InChI is InChI=1S/C6H7ClN2/c1-4-3-8-9-6(4)5(2)7/h3,9H,1H2,2H3/b6-5-. The Bertz CT molecular complexity index is 295. The van der Waals surface area contributed by atoms with Crippen molar-refractivity contribution in [3.8, 4) is 0 Å². The van der Waals surface area contributed by atoms with E-state index in [1.165, 1.54) is 0 Å². The van der Waals surface area contributed by atoms with Crippen LogP contribution in [0, 0.1) is 0 Å². The van der Waals surface area contributed by atoms with Gasteiger partial charge in [0.05, 0.1) is 11.5 Å². The molecule has 0 aliphatic rings. The van der Waals surface area contributed by atoms with Crippen LogP contribution in [0.5, 0.6) is 0 Å². The van der Waals surface area contributed by atoms with Crippen molar-refractivity contribution in [2.24, 2.45) is 0 Å². The molecule has 1 aromatic heterocycles. The molecular formula is C6H7ClN2. The van der Waals surface area contributed by atoms with Gasteiger partial charge in [-0.15, -0.1) is 0 Å². The smallest absolute Gasteiger partial charge is 0.0786 e. The van der Waals surface area contributed by atoms with Crippen LogP contribution in [0.4, 0.5) is 0 Å². The second-order valence-corrected chi connectivity index (χ2v) is 2.37. The summed E-state index contributed by atoms with van der Waals surface area (Å²) in [5.74, 6) is 0. The molecule has 9 heavy (non-hydrogen) atoms. The van der Waals surface area contributed by atoms with Crippen molar-refractivity contribution in [2.75, 3.05) is 0 Å². The molecule has 48 valence electrons. The van der Waals surface area contributed by atoms with Crippen LogP contribution in [-0.2, 0) is 0 Å². The summed E-state index contributed by atoms with van der Waals surface area (Å²) in [7, 11) is 0. The number of aromatic nitrogens is 2. The van der Waals surface area contributed by atoms with Crippen LogP contribution in [0.2, 0.25) is 0 Å². The normalized spacial score (nSPS) is 13.6. The van der Waals surface area contributed by atoms with Crippen molar-refractivity contribution >= 4 is 23.2 Å². The first-order valence-electron chi connectivity index (χ1n) is 2.56. The molecule has 1 aromatic rings. The molecule has 3 heteroatoms. The Labute approximate surface area is 57.8 Å². The van der Waals surface area contributed by atoms with Gasteiger partial charge in [0.1, 0.15) is 0 Å². The maximum absolute atomic E-state index is 5.66. The van der Waals surface area contributed by atoms with Gasteiger partial charge in [0.2, 0.25) is 0 Å². The van der Waals surface area contributed by atoms with Crippen LogP contribution >= 0.6 is 11.6 Å². The minimum atomic E-state index is 0.692. The number of hydrogen-bond acceptors (Lipinski definition) is 1. The van der Waals surface area contributed by atoms with Crippen molar-refractivity contribution in [1.82, 2.24) is 10.2 Å². The largest absolute Gasteiger partial charge is 0.277 e. The first-order chi connectivity index (χ1) is 4.22. The van der Waals surface area contributed by atoms with E-state index in [0.717, 1.165) is 10.6 Å². The Morgan fingerprint density at radius 2 is 2.56 bits per heavy atom. The van der Waals surface area contributed by atoms with Crippen molar-refractivity contribution in [3.05, 3.63) is 16.8 Å². The van der Waals surface area contributed by atoms with Crippen LogP contribution in [0.15, 0.2) is 6.20 Å². The third-order valence-corrected chi connectivity index (χ3v) is 1.25. The fourth-order valence-electron chi connectivity index (χ4n) is 0.609. The second kappa shape index (κ2) is 2.23. The van der Waals surface area contributed by atoms with Crippen LogP contribution in [0.1, 0.15) is 6.92 Å². The van der Waals surface area contributed by atoms with Crippen molar-refractivity contribution in [3.63, 3.8) is 0 Å². The number of nitrogens with zero attached hydrogens (tertiary/aromatic N) is 1. The molecule has 0 radical (unpaired) electrons. The maximum atomic E-state index is 5.66. The van der Waals surface area contributed by atoms with Crippen molar-refractivity contribution in [1.29, 1.82) is 0 Å². The third kappa shape index (κ3) is 1.13. The van der Waals surface area contributed by atoms with Crippen molar-refractivity contribution in [2.45, 2.75) is 6.92 Å². The summed E-state index contributed by atoms with van der Waals surface area (Å²) in [6, 6.07) is 0. The van der Waals surface area contributed by atoms with Gasteiger partial charge < -0.3 is 0 Å². The van der Waals surface area contributed by atoms with Crippen LogP contribution in [0.3, 0.4) is 0 Å². The van der Waals surface area contributed by atoms with Crippen molar-refractivity contribution < 1.29 is 0 Å². The molecule has 1 heterocycles. The molecule has 0 bridgehead atoms. The van der Waals surface area contributed by atoms with Gasteiger partial charge in [0.15, 0.2) is 0 Å². The Hall–Kier alpha value is -0.760. The lowest BCUT2D eigenvalue weighted by Crippen LogP contribution is -2.21. The number of halogens is 1. The number of hydrogen-bond donors (Lipinski definition) is 1. The lowest BCUT2D eigenvalue weighted by molar-refractivity contribution is 1.06. The summed E-state index contributed by atoms with van der Waals surface area (Å²) in [6.45, 7) is 5.50. The van der Waals surface area contributed by atoms with E-state index in [9.17, 15) is 0 Å². The Kier molecular flexibility index (Phi) is 1.58. The summed E-state index contributed by atoms with van der Waals surface area (Å²) >= 11 is 5.66. The fourth-order valence-corrected chi connectivity index (χ4v) is 0.773. The van der Waals surface area contributed by atoms with Gasteiger partial charge in [-0.25, -0.2) is 0 Å². The molecule has 0 amide bonds. The van der Waals surface area contributed by atoms with Gasteiger partial charge >= 0.3 is 0 Å². The van der Waals surface area contributed by atoms with E-state index in [1.54, 1.807) is 13.1 Å². The Morgan fingerprint density at radius 1 is 1.89 bits per heavy atom. The molecule has 0 fully saturated rings. The average Bonchev–Trinajstić information content (AvgIpc) is 2.13. The Morgan fingerprint density at radius 3 is 2.78 bits per heavy atom. The molecule has 0 spiro atoms. The zero-order valence-corrected chi connectivity index (χ0v) is 5.87. The molecule has 2 nitrogen and oxygen atoms in total. The minimum Gasteiger partial charge on any atom is -0.277 e. The molecule has 0 aliphatic carbocycles. The van der Waals surface area contributed by atoms with Gasteiger partial charge in [0.25, 0.3) is 0 Å². The summed E-state index contributed by atoms with van der Waals surface area (Å²) < 4.78 is 0. The molecule has 1 N–H and O–H groups in total. The molecule has 0 atom stereocenters. The first-order valence-corrected chi connectivity index (χ1v) is 2.94. The van der Waals surface area contributed by atoms with Crippen LogP contribution < -0.4 is 10.6 Å². The van der Waals surface area contributed by atoms with E-state index in [1.807, 2.05) is 0 Å². The molecule has 0 unspecified atom stereocenters. The highest BCUT2D eigenvalue weighted by Gasteiger charge is 1.86. The Balaban J connectivity index is 3.60. The fraction of sp³-hybridized carbons (Fsp3) is 0.167. The zero-order valence-electron chi connectivity index (χ0n) is 5.11. The lowest BCUT2D eigenvalue weighted by atomic mass is 10.4. The monoisotopic (exact) mass is 142 g/mol. The molecule has 0 saturated carbocycles. The highest BCUT2D eigenvalue weighted by atomic mass is 35.5. The summed E-state index contributed by atoms with van der Waals surface area (Å²) in [4.78, 5) is 0. The summed E-state index contributed by atoms with van der Waals surface area (Å²) in [6.07, 6.45) is 1.64. The SMILES string of the molecule is C=c1cn[nH]/c1=C(/C)Cl. The van der Waals surface area contributed by atoms with Gasteiger partial charge in [-0.3, -0.25) is 5.10 Å². The molecule has 1 rings (SSSR count). The predicted octanol–water partition coefficient (Wildman–Crippen LogP) is 0.187. The van der Waals surface area contributed by atoms with E-state index in [4.69, 9.17) is 11.6 Å². The summed E-state index contributed by atoms with van der Waals surface area (Å²) in [5.41, 5.74) is 0. The second-order valence-electron chi connectivity index (χ2n) is 1.80. The first kappa shape index (κ1) is 6.36. The highest BCUT2D eigenvalue weighted by molar-refractivity contribution is 6.44. The number of H-pyrrole nitrogens is 1.